The van der Waals surface area contributed by atoms with Crippen LogP contribution in [-0.2, 0) is 4.79 Å². The van der Waals surface area contributed by atoms with Crippen LogP contribution in [0.5, 0.6) is 0 Å². The lowest BCUT2D eigenvalue weighted by atomic mass is 9.79. The van der Waals surface area contributed by atoms with Crippen molar-refractivity contribution in [2.75, 3.05) is 19.6 Å². The summed E-state index contributed by atoms with van der Waals surface area (Å²) in [6, 6.07) is 0. The molecule has 0 heterocycles. The Labute approximate surface area is 104 Å². The third kappa shape index (κ3) is 5.50. The maximum absolute atomic E-state index is 11.5. The molecular weight excluding hydrogens is 216 g/mol. The van der Waals surface area contributed by atoms with Gasteiger partial charge in [-0.15, -0.1) is 0 Å². The molecule has 100 valence electrons. The Balaban J connectivity index is 2.18. The van der Waals surface area contributed by atoms with E-state index in [9.17, 15) is 9.90 Å². The lowest BCUT2D eigenvalue weighted by molar-refractivity contribution is -0.122. The molecule has 0 aliphatic heterocycles. The molecule has 1 fully saturated rings. The van der Waals surface area contributed by atoms with Gasteiger partial charge in [-0.2, -0.15) is 0 Å². The lowest BCUT2D eigenvalue weighted by Gasteiger charge is -2.34. The zero-order valence-corrected chi connectivity index (χ0v) is 11.1. The van der Waals surface area contributed by atoms with Crippen LogP contribution in [0.3, 0.4) is 0 Å². The van der Waals surface area contributed by atoms with E-state index in [-0.39, 0.29) is 5.91 Å². The molecule has 1 saturated carbocycles. The van der Waals surface area contributed by atoms with Crippen molar-refractivity contribution in [2.45, 2.75) is 51.6 Å². The first-order valence-electron chi connectivity index (χ1n) is 6.75. The molecule has 0 radical (unpaired) electrons. The maximum Gasteiger partial charge on any atom is 0.234 e. The Morgan fingerprint density at radius 2 is 2.06 bits per heavy atom. The van der Waals surface area contributed by atoms with Crippen molar-refractivity contribution in [1.29, 1.82) is 0 Å². The molecule has 0 bridgehead atoms. The Morgan fingerprint density at radius 3 is 2.65 bits per heavy atom. The Morgan fingerprint density at radius 1 is 1.41 bits per heavy atom. The van der Waals surface area contributed by atoms with Crippen molar-refractivity contribution in [2.24, 2.45) is 5.92 Å². The molecular formula is C13H26N2O2. The number of hydrogen-bond donors (Lipinski definition) is 3. The first-order valence-corrected chi connectivity index (χ1v) is 6.75. The van der Waals surface area contributed by atoms with Gasteiger partial charge in [0.15, 0.2) is 0 Å². The van der Waals surface area contributed by atoms with Crippen molar-refractivity contribution < 1.29 is 9.90 Å². The topological polar surface area (TPSA) is 61.4 Å². The molecule has 4 heteroatoms. The summed E-state index contributed by atoms with van der Waals surface area (Å²) in [5, 5.41) is 16.1. The molecule has 1 amide bonds. The van der Waals surface area contributed by atoms with E-state index in [0.717, 1.165) is 38.6 Å². The van der Waals surface area contributed by atoms with Crippen LogP contribution in [-0.4, -0.2) is 36.2 Å². The summed E-state index contributed by atoms with van der Waals surface area (Å²) in [4.78, 5) is 11.5. The minimum Gasteiger partial charge on any atom is -0.388 e. The summed E-state index contributed by atoms with van der Waals surface area (Å²) in [5.41, 5.74) is -0.674. The first kappa shape index (κ1) is 14.5. The third-order valence-electron chi connectivity index (χ3n) is 3.53. The Kier molecular flexibility index (Phi) is 5.92. The fourth-order valence-corrected chi connectivity index (χ4v) is 2.18. The van der Waals surface area contributed by atoms with Crippen molar-refractivity contribution in [3.05, 3.63) is 0 Å². The SMILES string of the molecule is CCCNCC(=O)NCC1(O)CCC(C)CC1. The highest BCUT2D eigenvalue weighted by atomic mass is 16.3. The Bertz CT molecular complexity index is 236. The van der Waals surface area contributed by atoms with E-state index in [1.54, 1.807) is 0 Å². The molecule has 0 aromatic carbocycles. The molecule has 17 heavy (non-hydrogen) atoms. The van der Waals surface area contributed by atoms with Gasteiger partial charge in [0.1, 0.15) is 0 Å². The fourth-order valence-electron chi connectivity index (χ4n) is 2.18. The number of hydrogen-bond acceptors (Lipinski definition) is 3. The zero-order chi connectivity index (χ0) is 12.7. The molecule has 0 saturated heterocycles. The largest absolute Gasteiger partial charge is 0.388 e. The highest BCUT2D eigenvalue weighted by Crippen LogP contribution is 2.31. The second-order valence-electron chi connectivity index (χ2n) is 5.36. The van der Waals surface area contributed by atoms with Crippen LogP contribution in [0.1, 0.15) is 46.0 Å². The van der Waals surface area contributed by atoms with E-state index in [2.05, 4.69) is 24.5 Å². The van der Waals surface area contributed by atoms with Crippen molar-refractivity contribution in [3.8, 4) is 0 Å². The standard InChI is InChI=1S/C13H26N2O2/c1-3-8-14-9-12(16)15-10-13(17)6-4-11(2)5-7-13/h11,14,17H,3-10H2,1-2H3,(H,15,16). The van der Waals surface area contributed by atoms with Gasteiger partial charge in [-0.25, -0.2) is 0 Å². The molecule has 1 aliphatic rings. The predicted octanol–water partition coefficient (Wildman–Crippen LogP) is 1.04. The number of carbonyl (C=O) groups excluding carboxylic acids is 1. The minimum absolute atomic E-state index is 0.0227. The van der Waals surface area contributed by atoms with E-state index < -0.39 is 5.60 Å². The van der Waals surface area contributed by atoms with Crippen LogP contribution in [0.4, 0.5) is 0 Å². The average Bonchev–Trinajstić information content (AvgIpc) is 2.32. The summed E-state index contributed by atoms with van der Waals surface area (Å²) in [5.74, 6) is 0.683. The molecule has 0 spiro atoms. The average molecular weight is 242 g/mol. The van der Waals surface area contributed by atoms with Gasteiger partial charge < -0.3 is 15.7 Å². The predicted molar refractivity (Wildman–Crippen MR) is 68.8 cm³/mol. The number of rotatable bonds is 6. The summed E-state index contributed by atoms with van der Waals surface area (Å²) in [7, 11) is 0. The first-order chi connectivity index (χ1) is 8.06. The van der Waals surface area contributed by atoms with Gasteiger partial charge in [0.05, 0.1) is 12.1 Å². The van der Waals surface area contributed by atoms with Crippen LogP contribution >= 0.6 is 0 Å². The number of carbonyl (C=O) groups is 1. The smallest absolute Gasteiger partial charge is 0.234 e. The fraction of sp³-hybridized carbons (Fsp3) is 0.923. The summed E-state index contributed by atoms with van der Waals surface area (Å²) in [6.07, 6.45) is 4.74. The summed E-state index contributed by atoms with van der Waals surface area (Å²) < 4.78 is 0. The van der Waals surface area contributed by atoms with Crippen LogP contribution in [0.15, 0.2) is 0 Å². The molecule has 3 N–H and O–H groups in total. The van der Waals surface area contributed by atoms with E-state index in [0.29, 0.717) is 19.0 Å². The summed E-state index contributed by atoms with van der Waals surface area (Å²) in [6.45, 7) is 5.88. The van der Waals surface area contributed by atoms with E-state index in [1.807, 2.05) is 0 Å². The third-order valence-corrected chi connectivity index (χ3v) is 3.53. The van der Waals surface area contributed by atoms with Crippen molar-refractivity contribution >= 4 is 5.91 Å². The van der Waals surface area contributed by atoms with Gasteiger partial charge in [-0.3, -0.25) is 4.79 Å². The van der Waals surface area contributed by atoms with Crippen LogP contribution in [0.25, 0.3) is 0 Å². The normalized spacial score (nSPS) is 29.0. The van der Waals surface area contributed by atoms with Crippen molar-refractivity contribution in [3.63, 3.8) is 0 Å². The number of aliphatic hydroxyl groups is 1. The zero-order valence-electron chi connectivity index (χ0n) is 11.1. The van der Waals surface area contributed by atoms with Crippen LogP contribution < -0.4 is 10.6 Å². The van der Waals surface area contributed by atoms with Crippen LogP contribution in [0.2, 0.25) is 0 Å². The van der Waals surface area contributed by atoms with E-state index in [1.165, 1.54) is 0 Å². The van der Waals surface area contributed by atoms with E-state index in [4.69, 9.17) is 0 Å². The summed E-state index contributed by atoms with van der Waals surface area (Å²) >= 11 is 0. The van der Waals surface area contributed by atoms with Crippen molar-refractivity contribution in [1.82, 2.24) is 10.6 Å². The van der Waals surface area contributed by atoms with E-state index >= 15 is 0 Å². The van der Waals surface area contributed by atoms with Gasteiger partial charge in [-0.1, -0.05) is 13.8 Å². The monoisotopic (exact) mass is 242 g/mol. The van der Waals surface area contributed by atoms with Gasteiger partial charge in [-0.05, 0) is 44.6 Å². The van der Waals surface area contributed by atoms with Gasteiger partial charge >= 0.3 is 0 Å². The minimum atomic E-state index is -0.674. The second kappa shape index (κ2) is 6.97. The molecule has 0 aromatic heterocycles. The molecule has 0 atom stereocenters. The molecule has 4 nitrogen and oxygen atoms in total. The highest BCUT2D eigenvalue weighted by molar-refractivity contribution is 5.78. The second-order valence-corrected chi connectivity index (χ2v) is 5.36. The highest BCUT2D eigenvalue weighted by Gasteiger charge is 2.31. The van der Waals surface area contributed by atoms with Gasteiger partial charge in [0.25, 0.3) is 0 Å². The number of amides is 1. The number of nitrogens with one attached hydrogen (secondary N) is 2. The molecule has 0 aromatic rings. The molecule has 1 rings (SSSR count). The molecule has 1 aliphatic carbocycles. The lowest BCUT2D eigenvalue weighted by Crippen LogP contribution is -2.47. The quantitative estimate of drug-likeness (QED) is 0.610. The molecule has 0 unspecified atom stereocenters. The van der Waals surface area contributed by atoms with Crippen LogP contribution in [0, 0.1) is 5.92 Å². The maximum atomic E-state index is 11.5. The van der Waals surface area contributed by atoms with Gasteiger partial charge in [0.2, 0.25) is 5.91 Å². The Hall–Kier alpha value is -0.610. The van der Waals surface area contributed by atoms with Gasteiger partial charge in [0, 0.05) is 6.54 Å².